The summed E-state index contributed by atoms with van der Waals surface area (Å²) in [6.45, 7) is 0. The van der Waals surface area contributed by atoms with Gasteiger partial charge in [0.25, 0.3) is 0 Å². The first-order valence-corrected chi connectivity index (χ1v) is 7.81. The van der Waals surface area contributed by atoms with E-state index in [2.05, 4.69) is 19.7 Å². The van der Waals surface area contributed by atoms with Crippen molar-refractivity contribution >= 4 is 21.9 Å². The monoisotopic (exact) mass is 340 g/mol. The molecule has 0 unspecified atom stereocenters. The van der Waals surface area contributed by atoms with Crippen molar-refractivity contribution in [3.05, 3.63) is 24.3 Å². The fraction of sp³-hybridized carbons (Fsp3) is 0.222. The van der Waals surface area contributed by atoms with Crippen molar-refractivity contribution in [1.29, 1.82) is 0 Å². The van der Waals surface area contributed by atoms with Gasteiger partial charge in [0.2, 0.25) is 5.16 Å². The molecule has 114 valence electrons. The van der Waals surface area contributed by atoms with Gasteiger partial charge in [-0.15, -0.1) is 5.10 Å². The summed E-state index contributed by atoms with van der Waals surface area (Å²) in [5.74, 6) is -0.463. The van der Waals surface area contributed by atoms with E-state index in [1.54, 1.807) is 6.26 Å². The largest absolute Gasteiger partial charge is 0.534 e. The van der Waals surface area contributed by atoms with Crippen LogP contribution in [0.25, 0.3) is 5.69 Å². The number of rotatable bonds is 4. The molecule has 1 aromatic heterocycles. The van der Waals surface area contributed by atoms with Gasteiger partial charge >= 0.3 is 15.6 Å². The Bertz CT molecular complexity index is 727. The highest BCUT2D eigenvalue weighted by molar-refractivity contribution is 7.98. The zero-order chi connectivity index (χ0) is 15.7. The van der Waals surface area contributed by atoms with Crippen LogP contribution >= 0.6 is 11.8 Å². The summed E-state index contributed by atoms with van der Waals surface area (Å²) < 4.78 is 63.5. The number of hydrogen-bond donors (Lipinski definition) is 0. The van der Waals surface area contributed by atoms with E-state index in [1.807, 2.05) is 0 Å². The summed E-state index contributed by atoms with van der Waals surface area (Å²) in [6.07, 6.45) is 1.75. The summed E-state index contributed by atoms with van der Waals surface area (Å²) in [5.41, 5.74) is -5.03. The molecule has 0 fully saturated rings. The summed E-state index contributed by atoms with van der Waals surface area (Å²) in [4.78, 5) is 0. The molecule has 0 aliphatic heterocycles. The molecule has 2 rings (SSSR count). The van der Waals surface area contributed by atoms with Crippen molar-refractivity contribution in [3.63, 3.8) is 0 Å². The smallest absolute Gasteiger partial charge is 0.376 e. The van der Waals surface area contributed by atoms with E-state index in [9.17, 15) is 21.6 Å². The van der Waals surface area contributed by atoms with Crippen molar-refractivity contribution in [2.24, 2.45) is 0 Å². The van der Waals surface area contributed by atoms with Gasteiger partial charge in [-0.25, -0.2) is 0 Å². The molecule has 0 bridgehead atoms. The summed E-state index contributed by atoms with van der Waals surface area (Å²) in [6, 6.07) is 4.81. The lowest BCUT2D eigenvalue weighted by Gasteiger charge is -2.09. The molecule has 0 saturated carbocycles. The van der Waals surface area contributed by atoms with E-state index < -0.39 is 21.4 Å². The van der Waals surface area contributed by atoms with E-state index in [0.717, 1.165) is 12.1 Å². The lowest BCUT2D eigenvalue weighted by molar-refractivity contribution is -0.0500. The zero-order valence-electron chi connectivity index (χ0n) is 10.3. The SMILES string of the molecule is CSc1nnnn1-c1ccc(OS(=O)(=O)C(F)(F)F)cc1. The highest BCUT2D eigenvalue weighted by atomic mass is 32.2. The molecule has 21 heavy (non-hydrogen) atoms. The maximum absolute atomic E-state index is 12.2. The molecular weight excluding hydrogens is 333 g/mol. The second-order valence-electron chi connectivity index (χ2n) is 3.55. The molecule has 0 N–H and O–H groups in total. The molecule has 2 aromatic rings. The molecule has 0 aliphatic carbocycles. The summed E-state index contributed by atoms with van der Waals surface area (Å²) >= 11 is 1.27. The maximum Gasteiger partial charge on any atom is 0.534 e. The highest BCUT2D eigenvalue weighted by Gasteiger charge is 2.48. The van der Waals surface area contributed by atoms with Crippen LogP contribution in [0.4, 0.5) is 13.2 Å². The number of aromatic nitrogens is 4. The molecular formula is C9H7F3N4O3S2. The van der Waals surface area contributed by atoms with Crippen molar-refractivity contribution in [2.75, 3.05) is 6.26 Å². The summed E-state index contributed by atoms with van der Waals surface area (Å²) in [7, 11) is -5.68. The number of halogens is 3. The third-order valence-electron chi connectivity index (χ3n) is 2.19. The van der Waals surface area contributed by atoms with Crippen LogP contribution in [0.5, 0.6) is 5.75 Å². The second-order valence-corrected chi connectivity index (χ2v) is 5.87. The highest BCUT2D eigenvalue weighted by Crippen LogP contribution is 2.27. The molecule has 0 radical (unpaired) electrons. The number of thioether (sulfide) groups is 1. The quantitative estimate of drug-likeness (QED) is 0.475. The van der Waals surface area contributed by atoms with Crippen LogP contribution in [0, 0.1) is 0 Å². The van der Waals surface area contributed by atoms with Gasteiger partial charge in [-0.3, -0.25) is 0 Å². The molecule has 0 saturated heterocycles. The Morgan fingerprint density at radius 1 is 1.24 bits per heavy atom. The Balaban J connectivity index is 2.25. The van der Waals surface area contributed by atoms with Crippen LogP contribution < -0.4 is 4.18 Å². The zero-order valence-corrected chi connectivity index (χ0v) is 11.9. The molecule has 0 atom stereocenters. The maximum atomic E-state index is 12.2. The van der Waals surface area contributed by atoms with Crippen LogP contribution in [0.2, 0.25) is 0 Å². The van der Waals surface area contributed by atoms with E-state index in [-0.39, 0.29) is 0 Å². The predicted octanol–water partition coefficient (Wildman–Crippen LogP) is 1.61. The van der Waals surface area contributed by atoms with Gasteiger partial charge in [0.15, 0.2) is 0 Å². The summed E-state index contributed by atoms with van der Waals surface area (Å²) in [5, 5.41) is 11.3. The van der Waals surface area contributed by atoms with Gasteiger partial charge in [-0.05, 0) is 40.9 Å². The molecule has 1 heterocycles. The predicted molar refractivity (Wildman–Crippen MR) is 66.5 cm³/mol. The Hall–Kier alpha value is -1.82. The van der Waals surface area contributed by atoms with Gasteiger partial charge in [0.05, 0.1) is 5.69 Å². The van der Waals surface area contributed by atoms with Crippen LogP contribution in [0.1, 0.15) is 0 Å². The van der Waals surface area contributed by atoms with Crippen molar-refractivity contribution in [3.8, 4) is 11.4 Å². The van der Waals surface area contributed by atoms with E-state index in [1.165, 1.54) is 28.6 Å². The number of alkyl halides is 3. The van der Waals surface area contributed by atoms with Crippen LogP contribution in [-0.2, 0) is 10.1 Å². The lowest BCUT2D eigenvalue weighted by atomic mass is 10.3. The van der Waals surface area contributed by atoms with Gasteiger partial charge < -0.3 is 4.18 Å². The number of nitrogens with zero attached hydrogens (tertiary/aromatic N) is 4. The third-order valence-corrected chi connectivity index (χ3v) is 3.79. The Labute approximate surface area is 121 Å². The second kappa shape index (κ2) is 5.52. The third kappa shape index (κ3) is 3.26. The minimum Gasteiger partial charge on any atom is -0.376 e. The molecule has 0 aliphatic rings. The van der Waals surface area contributed by atoms with Crippen LogP contribution in [0.15, 0.2) is 29.4 Å². The first-order chi connectivity index (χ1) is 9.74. The fourth-order valence-electron chi connectivity index (χ4n) is 1.29. The van der Waals surface area contributed by atoms with Gasteiger partial charge in [0, 0.05) is 0 Å². The fourth-order valence-corrected chi connectivity index (χ4v) is 2.18. The van der Waals surface area contributed by atoms with E-state index in [4.69, 9.17) is 0 Å². The first kappa shape index (κ1) is 15.6. The molecule has 0 amide bonds. The Morgan fingerprint density at radius 2 is 1.86 bits per heavy atom. The van der Waals surface area contributed by atoms with Crippen LogP contribution in [-0.4, -0.2) is 40.4 Å². The van der Waals surface area contributed by atoms with E-state index >= 15 is 0 Å². The molecule has 1 aromatic carbocycles. The van der Waals surface area contributed by atoms with Gasteiger partial charge in [-0.2, -0.15) is 26.3 Å². The first-order valence-electron chi connectivity index (χ1n) is 5.18. The number of tetrazole rings is 1. The molecule has 7 nitrogen and oxygen atoms in total. The number of benzene rings is 1. The normalized spacial score (nSPS) is 12.4. The van der Waals surface area contributed by atoms with Gasteiger partial charge in [0.1, 0.15) is 5.75 Å². The topological polar surface area (TPSA) is 87.0 Å². The average molecular weight is 340 g/mol. The minimum absolute atomic E-state index is 0.445. The lowest BCUT2D eigenvalue weighted by Crippen LogP contribution is -2.28. The minimum atomic E-state index is -5.68. The van der Waals surface area contributed by atoms with Crippen LogP contribution in [0.3, 0.4) is 0 Å². The standard InChI is InChI=1S/C9H7F3N4O3S2/c1-20-8-13-14-15-16(8)6-2-4-7(5-3-6)19-21(17,18)9(10,11)12/h2-5H,1H3. The van der Waals surface area contributed by atoms with Gasteiger partial charge in [-0.1, -0.05) is 11.8 Å². The van der Waals surface area contributed by atoms with Crippen molar-refractivity contribution in [2.45, 2.75) is 10.7 Å². The number of hydrogen-bond acceptors (Lipinski definition) is 7. The Morgan fingerprint density at radius 3 is 2.38 bits per heavy atom. The van der Waals surface area contributed by atoms with Crippen molar-refractivity contribution in [1.82, 2.24) is 20.2 Å². The Kier molecular flexibility index (Phi) is 4.09. The average Bonchev–Trinajstić information content (AvgIpc) is 2.86. The van der Waals surface area contributed by atoms with E-state index in [0.29, 0.717) is 10.8 Å². The van der Waals surface area contributed by atoms with Crippen molar-refractivity contribution < 1.29 is 25.8 Å². The molecule has 12 heteroatoms. The molecule has 0 spiro atoms.